The van der Waals surface area contributed by atoms with Gasteiger partial charge in [0.15, 0.2) is 0 Å². The molecule has 2 atom stereocenters. The molecule has 1 N–H and O–H groups in total. The molecule has 128 valence electrons. The van der Waals surface area contributed by atoms with E-state index < -0.39 is 0 Å². The Kier molecular flexibility index (Phi) is 3.52. The van der Waals surface area contributed by atoms with Crippen LogP contribution in [0.1, 0.15) is 19.8 Å². The van der Waals surface area contributed by atoms with Crippen LogP contribution in [0.4, 0.5) is 0 Å². The highest BCUT2D eigenvalue weighted by Crippen LogP contribution is 2.34. The van der Waals surface area contributed by atoms with Crippen LogP contribution < -0.4 is 4.74 Å². The second-order valence-electron chi connectivity index (χ2n) is 7.36. The van der Waals surface area contributed by atoms with Crippen LogP contribution in [0.25, 0.3) is 22.0 Å². The van der Waals surface area contributed by atoms with E-state index in [0.717, 1.165) is 17.0 Å². The largest absolute Gasteiger partial charge is 0.472 e. The van der Waals surface area contributed by atoms with E-state index in [4.69, 9.17) is 4.74 Å². The van der Waals surface area contributed by atoms with Gasteiger partial charge in [-0.3, -0.25) is 4.90 Å². The van der Waals surface area contributed by atoms with Crippen LogP contribution in [-0.2, 0) is 0 Å². The molecule has 5 heterocycles. The van der Waals surface area contributed by atoms with Crippen molar-refractivity contribution in [2.75, 3.05) is 13.1 Å². The SMILES string of the molecule is C[C@@H]1[C@H](Oc2ccc(-c3ccc4[nH]ccc4c3)cn2)C2CCN1CC2. The van der Waals surface area contributed by atoms with Crippen molar-refractivity contribution < 1.29 is 4.74 Å². The van der Waals surface area contributed by atoms with Gasteiger partial charge in [0, 0.05) is 35.6 Å². The highest BCUT2D eigenvalue weighted by atomic mass is 16.5. The third-order valence-corrected chi connectivity index (χ3v) is 5.97. The van der Waals surface area contributed by atoms with Gasteiger partial charge >= 0.3 is 0 Å². The highest BCUT2D eigenvalue weighted by molar-refractivity contribution is 5.84. The van der Waals surface area contributed by atoms with Crippen LogP contribution >= 0.6 is 0 Å². The van der Waals surface area contributed by atoms with Crippen molar-refractivity contribution in [2.24, 2.45) is 5.92 Å². The number of hydrogen-bond acceptors (Lipinski definition) is 3. The standard InChI is InChI=1S/C21H23N3O/c1-14-21(15-7-10-24(14)11-8-15)25-20-5-3-18(13-23-20)16-2-4-19-17(12-16)6-9-22-19/h2-6,9,12-15,21-22H,7-8,10-11H2,1H3/t14-,21+/m1/s1. The first-order valence-electron chi connectivity index (χ1n) is 9.22. The number of nitrogens with one attached hydrogen (secondary N) is 1. The molecule has 2 bridgehead atoms. The Morgan fingerprint density at radius 3 is 2.68 bits per heavy atom. The predicted octanol–water partition coefficient (Wildman–Crippen LogP) is 4.09. The fourth-order valence-corrected chi connectivity index (χ4v) is 4.44. The zero-order valence-corrected chi connectivity index (χ0v) is 14.5. The number of aromatic amines is 1. The number of rotatable bonds is 3. The molecule has 4 heteroatoms. The Labute approximate surface area is 147 Å². The number of ether oxygens (including phenoxy) is 1. The molecule has 4 nitrogen and oxygen atoms in total. The molecule has 3 aliphatic rings. The molecule has 3 aromatic rings. The van der Waals surface area contributed by atoms with E-state index in [0.29, 0.717) is 12.0 Å². The molecule has 2 aromatic heterocycles. The van der Waals surface area contributed by atoms with Gasteiger partial charge in [0.25, 0.3) is 0 Å². The molecule has 0 radical (unpaired) electrons. The lowest BCUT2D eigenvalue weighted by Gasteiger charge is -2.49. The van der Waals surface area contributed by atoms with E-state index in [1.807, 2.05) is 18.5 Å². The molecule has 3 fully saturated rings. The van der Waals surface area contributed by atoms with Crippen LogP contribution in [0, 0.1) is 5.92 Å². The number of fused-ring (bicyclic) bond motifs is 4. The van der Waals surface area contributed by atoms with Gasteiger partial charge < -0.3 is 9.72 Å². The van der Waals surface area contributed by atoms with Crippen molar-refractivity contribution in [3.8, 4) is 17.0 Å². The molecule has 0 amide bonds. The number of hydrogen-bond donors (Lipinski definition) is 1. The summed E-state index contributed by atoms with van der Waals surface area (Å²) >= 11 is 0. The van der Waals surface area contributed by atoms with Crippen LogP contribution in [0.3, 0.4) is 0 Å². The molecule has 0 unspecified atom stereocenters. The lowest BCUT2D eigenvalue weighted by atomic mass is 9.81. The van der Waals surface area contributed by atoms with Gasteiger partial charge in [0.1, 0.15) is 6.10 Å². The topological polar surface area (TPSA) is 41.1 Å². The summed E-state index contributed by atoms with van der Waals surface area (Å²) in [5.74, 6) is 1.43. The van der Waals surface area contributed by atoms with Gasteiger partial charge in [0.05, 0.1) is 0 Å². The normalized spacial score (nSPS) is 28.4. The molecule has 3 saturated heterocycles. The van der Waals surface area contributed by atoms with Gasteiger partial charge in [-0.05, 0) is 74.0 Å². The zero-order valence-electron chi connectivity index (χ0n) is 14.5. The molecule has 3 aliphatic heterocycles. The average molecular weight is 333 g/mol. The quantitative estimate of drug-likeness (QED) is 0.785. The Balaban J connectivity index is 1.36. The molecule has 1 aromatic carbocycles. The monoisotopic (exact) mass is 333 g/mol. The van der Waals surface area contributed by atoms with Crippen LogP contribution in [0.15, 0.2) is 48.8 Å². The third kappa shape index (κ3) is 2.61. The van der Waals surface area contributed by atoms with E-state index >= 15 is 0 Å². The highest BCUT2D eigenvalue weighted by Gasteiger charge is 2.41. The molecule has 0 spiro atoms. The Hall–Kier alpha value is -2.33. The maximum absolute atomic E-state index is 6.29. The van der Waals surface area contributed by atoms with E-state index in [-0.39, 0.29) is 6.10 Å². The van der Waals surface area contributed by atoms with E-state index in [1.54, 1.807) is 0 Å². The second-order valence-corrected chi connectivity index (χ2v) is 7.36. The van der Waals surface area contributed by atoms with E-state index in [1.165, 1.54) is 36.9 Å². The number of aromatic nitrogens is 2. The average Bonchev–Trinajstić information content (AvgIpc) is 3.13. The Morgan fingerprint density at radius 2 is 1.92 bits per heavy atom. The summed E-state index contributed by atoms with van der Waals surface area (Å²) in [6, 6.07) is 13.2. The fourth-order valence-electron chi connectivity index (χ4n) is 4.44. The molecule has 25 heavy (non-hydrogen) atoms. The number of piperidine rings is 3. The lowest BCUT2D eigenvalue weighted by Crippen LogP contribution is -2.58. The first-order chi connectivity index (χ1) is 12.3. The van der Waals surface area contributed by atoms with Crippen LogP contribution in [-0.4, -0.2) is 40.1 Å². The Morgan fingerprint density at radius 1 is 1.08 bits per heavy atom. The van der Waals surface area contributed by atoms with E-state index in [2.05, 4.69) is 52.1 Å². The van der Waals surface area contributed by atoms with Gasteiger partial charge in [-0.25, -0.2) is 4.98 Å². The minimum absolute atomic E-state index is 0.275. The molecular formula is C21H23N3O. The van der Waals surface area contributed by atoms with Crippen molar-refractivity contribution in [1.29, 1.82) is 0 Å². The summed E-state index contributed by atoms with van der Waals surface area (Å²) in [6.07, 6.45) is 6.68. The number of H-pyrrole nitrogens is 1. The molecular weight excluding hydrogens is 310 g/mol. The molecule has 6 rings (SSSR count). The summed E-state index contributed by atoms with van der Waals surface area (Å²) in [5, 5.41) is 1.22. The van der Waals surface area contributed by atoms with Crippen molar-refractivity contribution in [3.63, 3.8) is 0 Å². The first-order valence-corrected chi connectivity index (χ1v) is 9.22. The van der Waals surface area contributed by atoms with Crippen molar-refractivity contribution in [2.45, 2.75) is 31.9 Å². The minimum Gasteiger partial charge on any atom is -0.472 e. The summed E-state index contributed by atoms with van der Waals surface area (Å²) in [5.41, 5.74) is 3.47. The van der Waals surface area contributed by atoms with Crippen LogP contribution in [0.5, 0.6) is 5.88 Å². The van der Waals surface area contributed by atoms with Gasteiger partial charge in [0.2, 0.25) is 5.88 Å². The lowest BCUT2D eigenvalue weighted by molar-refractivity contribution is -0.0525. The maximum Gasteiger partial charge on any atom is 0.213 e. The molecule has 0 saturated carbocycles. The van der Waals surface area contributed by atoms with Crippen molar-refractivity contribution in [3.05, 3.63) is 48.8 Å². The summed E-state index contributed by atoms with van der Waals surface area (Å²) < 4.78 is 6.29. The zero-order chi connectivity index (χ0) is 16.8. The summed E-state index contributed by atoms with van der Waals surface area (Å²) in [6.45, 7) is 4.73. The van der Waals surface area contributed by atoms with E-state index in [9.17, 15) is 0 Å². The number of benzene rings is 1. The van der Waals surface area contributed by atoms with Crippen LogP contribution in [0.2, 0.25) is 0 Å². The molecule has 0 aliphatic carbocycles. The predicted molar refractivity (Wildman–Crippen MR) is 99.7 cm³/mol. The maximum atomic E-state index is 6.29. The number of nitrogens with zero attached hydrogens (tertiary/aromatic N) is 2. The fraction of sp³-hybridized carbons (Fsp3) is 0.381. The van der Waals surface area contributed by atoms with Gasteiger partial charge in [-0.1, -0.05) is 6.07 Å². The Bertz CT molecular complexity index is 876. The van der Waals surface area contributed by atoms with Gasteiger partial charge in [-0.2, -0.15) is 0 Å². The second kappa shape index (κ2) is 5.88. The first kappa shape index (κ1) is 15.0. The van der Waals surface area contributed by atoms with Crippen molar-refractivity contribution >= 4 is 10.9 Å². The summed E-state index contributed by atoms with van der Waals surface area (Å²) in [7, 11) is 0. The summed E-state index contributed by atoms with van der Waals surface area (Å²) in [4.78, 5) is 10.4. The van der Waals surface area contributed by atoms with Gasteiger partial charge in [-0.15, -0.1) is 0 Å². The van der Waals surface area contributed by atoms with Crippen molar-refractivity contribution in [1.82, 2.24) is 14.9 Å². The number of pyridine rings is 1. The third-order valence-electron chi connectivity index (χ3n) is 5.97. The minimum atomic E-state index is 0.275. The smallest absolute Gasteiger partial charge is 0.213 e.